The molecular weight excluding hydrogens is 406 g/mol. The van der Waals surface area contributed by atoms with Gasteiger partial charge in [0.05, 0.1) is 18.8 Å². The molecule has 2 N–H and O–H groups in total. The zero-order chi connectivity index (χ0) is 24.3. The first-order valence-corrected chi connectivity index (χ1v) is 14.4. The summed E-state index contributed by atoms with van der Waals surface area (Å²) in [5.41, 5.74) is 5.94. The number of ether oxygens (including phenoxy) is 2. The Bertz CT molecular complexity index is 431. The molecule has 0 saturated heterocycles. The minimum absolute atomic E-state index is 0.374. The van der Waals surface area contributed by atoms with Crippen molar-refractivity contribution in [1.82, 2.24) is 0 Å². The lowest BCUT2D eigenvalue weighted by molar-refractivity contribution is 0.0277. The van der Waals surface area contributed by atoms with Gasteiger partial charge in [0.2, 0.25) is 0 Å². The Morgan fingerprint density at radius 1 is 0.545 bits per heavy atom. The molecule has 0 aliphatic heterocycles. The molecule has 0 fully saturated rings. The van der Waals surface area contributed by atoms with Gasteiger partial charge in [0.25, 0.3) is 0 Å². The smallest absolute Gasteiger partial charge is 0.0666 e. The highest BCUT2D eigenvalue weighted by Crippen LogP contribution is 2.10. The molecule has 0 rings (SSSR count). The largest absolute Gasteiger partial charge is 0.379 e. The summed E-state index contributed by atoms with van der Waals surface area (Å²) in [4.78, 5) is 0. The van der Waals surface area contributed by atoms with E-state index in [1.807, 2.05) is 6.92 Å². The van der Waals surface area contributed by atoms with Crippen LogP contribution in [0.15, 0.2) is 24.3 Å². The minimum Gasteiger partial charge on any atom is -0.379 e. The molecule has 1 atom stereocenters. The fourth-order valence-electron chi connectivity index (χ4n) is 3.83. The molecule has 0 aliphatic rings. The van der Waals surface area contributed by atoms with Gasteiger partial charge in [0.1, 0.15) is 0 Å². The van der Waals surface area contributed by atoms with E-state index in [-0.39, 0.29) is 5.54 Å². The highest BCUT2D eigenvalue weighted by atomic mass is 16.5. The Morgan fingerprint density at radius 3 is 1.45 bits per heavy atom. The van der Waals surface area contributed by atoms with Crippen LogP contribution >= 0.6 is 0 Å². The summed E-state index contributed by atoms with van der Waals surface area (Å²) >= 11 is 0. The van der Waals surface area contributed by atoms with Gasteiger partial charge in [0, 0.05) is 13.2 Å². The maximum absolute atomic E-state index is 6.31. The van der Waals surface area contributed by atoms with E-state index in [1.165, 1.54) is 96.3 Å². The highest BCUT2D eigenvalue weighted by molar-refractivity contribution is 4.92. The van der Waals surface area contributed by atoms with Crippen molar-refractivity contribution in [3.05, 3.63) is 24.3 Å². The van der Waals surface area contributed by atoms with E-state index in [0.717, 1.165) is 32.5 Å². The van der Waals surface area contributed by atoms with Gasteiger partial charge in [-0.1, -0.05) is 109 Å². The second-order valence-corrected chi connectivity index (χ2v) is 10.1. The Hall–Kier alpha value is -0.640. The Morgan fingerprint density at radius 2 is 0.939 bits per heavy atom. The maximum atomic E-state index is 6.31. The predicted octanol–water partition coefficient (Wildman–Crippen LogP) is 8.91. The Kier molecular flexibility index (Phi) is 25.5. The molecule has 0 radical (unpaired) electrons. The van der Waals surface area contributed by atoms with Crippen molar-refractivity contribution in [3.8, 4) is 0 Å². The van der Waals surface area contributed by atoms with E-state index >= 15 is 0 Å². The molecule has 0 saturated carbocycles. The van der Waals surface area contributed by atoms with Crippen LogP contribution in [0.3, 0.4) is 0 Å². The van der Waals surface area contributed by atoms with Gasteiger partial charge in [-0.15, -0.1) is 0 Å². The lowest BCUT2D eigenvalue weighted by Crippen LogP contribution is -2.46. The molecule has 196 valence electrons. The molecule has 3 heteroatoms. The molecular formula is C30H59NO2. The van der Waals surface area contributed by atoms with Gasteiger partial charge in [-0.3, -0.25) is 0 Å². The van der Waals surface area contributed by atoms with Crippen LogP contribution in [0.25, 0.3) is 0 Å². The van der Waals surface area contributed by atoms with Crippen molar-refractivity contribution in [3.63, 3.8) is 0 Å². The minimum atomic E-state index is -0.374. The van der Waals surface area contributed by atoms with Crippen molar-refractivity contribution in [1.29, 1.82) is 0 Å². The fraction of sp³-hybridized carbons (Fsp3) is 0.867. The molecule has 3 nitrogen and oxygen atoms in total. The summed E-state index contributed by atoms with van der Waals surface area (Å²) in [6.45, 7) is 9.37. The van der Waals surface area contributed by atoms with Crippen LogP contribution in [0.4, 0.5) is 0 Å². The quantitative estimate of drug-likeness (QED) is 0.102. The summed E-state index contributed by atoms with van der Waals surface area (Å²) in [7, 11) is 0. The number of nitrogens with two attached hydrogens (primary N) is 1. The molecule has 33 heavy (non-hydrogen) atoms. The van der Waals surface area contributed by atoms with E-state index < -0.39 is 0 Å². The average Bonchev–Trinajstić information content (AvgIpc) is 2.80. The van der Waals surface area contributed by atoms with Crippen LogP contribution in [-0.4, -0.2) is 32.0 Å². The second-order valence-electron chi connectivity index (χ2n) is 10.1. The SMILES string of the molecule is CCCCCC=CCC=CCCCCCCCCOCC(C)(N)COCCCCCCCC. The monoisotopic (exact) mass is 465 g/mol. The normalized spacial score (nSPS) is 13.9. The van der Waals surface area contributed by atoms with Crippen molar-refractivity contribution in [2.75, 3.05) is 26.4 Å². The van der Waals surface area contributed by atoms with E-state index in [0.29, 0.717) is 13.2 Å². The van der Waals surface area contributed by atoms with Gasteiger partial charge in [-0.25, -0.2) is 0 Å². The summed E-state index contributed by atoms with van der Waals surface area (Å²) < 4.78 is 11.6. The molecule has 0 bridgehead atoms. The molecule has 0 aromatic heterocycles. The summed E-state index contributed by atoms with van der Waals surface area (Å²) in [5.74, 6) is 0. The molecule has 0 aromatic rings. The maximum Gasteiger partial charge on any atom is 0.0666 e. The molecule has 0 aliphatic carbocycles. The first-order chi connectivity index (χ1) is 16.1. The van der Waals surface area contributed by atoms with Gasteiger partial charge in [-0.2, -0.15) is 0 Å². The summed E-state index contributed by atoms with van der Waals surface area (Å²) in [6, 6.07) is 0. The van der Waals surface area contributed by atoms with E-state index in [9.17, 15) is 0 Å². The molecule has 0 amide bonds. The number of unbranched alkanes of at least 4 members (excludes halogenated alkanes) is 14. The highest BCUT2D eigenvalue weighted by Gasteiger charge is 2.18. The second kappa shape index (κ2) is 26.0. The van der Waals surface area contributed by atoms with E-state index in [2.05, 4.69) is 38.2 Å². The van der Waals surface area contributed by atoms with Crippen molar-refractivity contribution >= 4 is 0 Å². The third-order valence-electron chi connectivity index (χ3n) is 6.00. The Labute approximate surface area is 208 Å². The fourth-order valence-corrected chi connectivity index (χ4v) is 3.83. The zero-order valence-corrected chi connectivity index (χ0v) is 22.8. The molecule has 0 spiro atoms. The molecule has 0 heterocycles. The van der Waals surface area contributed by atoms with Crippen LogP contribution in [-0.2, 0) is 9.47 Å². The average molecular weight is 466 g/mol. The van der Waals surface area contributed by atoms with E-state index in [4.69, 9.17) is 15.2 Å². The van der Waals surface area contributed by atoms with Crippen LogP contribution in [0.1, 0.15) is 136 Å². The lowest BCUT2D eigenvalue weighted by Gasteiger charge is -2.24. The van der Waals surface area contributed by atoms with Gasteiger partial charge < -0.3 is 15.2 Å². The number of hydrogen-bond donors (Lipinski definition) is 1. The lowest BCUT2D eigenvalue weighted by atomic mass is 10.1. The topological polar surface area (TPSA) is 44.5 Å². The third-order valence-corrected chi connectivity index (χ3v) is 6.00. The number of hydrogen-bond acceptors (Lipinski definition) is 3. The van der Waals surface area contributed by atoms with E-state index in [1.54, 1.807) is 0 Å². The summed E-state index contributed by atoms with van der Waals surface area (Å²) in [5, 5.41) is 0. The first-order valence-electron chi connectivity index (χ1n) is 14.4. The number of rotatable bonds is 26. The number of allylic oxidation sites excluding steroid dienone is 4. The molecule has 0 aromatic carbocycles. The van der Waals surface area contributed by atoms with Gasteiger partial charge in [0.15, 0.2) is 0 Å². The third kappa shape index (κ3) is 27.5. The van der Waals surface area contributed by atoms with Crippen molar-refractivity contribution in [2.24, 2.45) is 5.73 Å². The van der Waals surface area contributed by atoms with Crippen LogP contribution in [0, 0.1) is 0 Å². The van der Waals surface area contributed by atoms with Crippen LogP contribution in [0.5, 0.6) is 0 Å². The van der Waals surface area contributed by atoms with Crippen molar-refractivity contribution < 1.29 is 9.47 Å². The standard InChI is InChI=1S/C30H59NO2/c1-4-6-8-10-12-13-14-15-16-17-18-19-20-21-23-25-27-33-29-30(3,31)28-32-26-24-22-11-9-7-5-2/h12-13,15-16H,4-11,14,17-29,31H2,1-3H3. The van der Waals surface area contributed by atoms with Gasteiger partial charge in [-0.05, 0) is 51.9 Å². The first kappa shape index (κ1) is 32.4. The van der Waals surface area contributed by atoms with Crippen molar-refractivity contribution in [2.45, 2.75) is 142 Å². The van der Waals surface area contributed by atoms with Gasteiger partial charge >= 0.3 is 0 Å². The Balaban J connectivity index is 3.35. The van der Waals surface area contributed by atoms with Crippen LogP contribution < -0.4 is 5.73 Å². The predicted molar refractivity (Wildman–Crippen MR) is 147 cm³/mol. The molecule has 1 unspecified atom stereocenters. The van der Waals surface area contributed by atoms with Crippen LogP contribution in [0.2, 0.25) is 0 Å². The summed E-state index contributed by atoms with van der Waals surface area (Å²) in [6.07, 6.45) is 32.3. The zero-order valence-electron chi connectivity index (χ0n) is 22.8.